The summed E-state index contributed by atoms with van der Waals surface area (Å²) in [7, 11) is -3.06. The van der Waals surface area contributed by atoms with Gasteiger partial charge in [0, 0.05) is 17.3 Å². The van der Waals surface area contributed by atoms with Crippen LogP contribution in [-0.2, 0) is 10.1 Å². The number of thiol groups is 1. The standard InChI is InChI=1S/C21H17F2N3O6S2/c1-32-19-9-2-12(20(27)24-13-3-8-16(22)17(23)11-13)10-18(19)25-21(28)26(33)14-4-6-15(7-5-14)34(29,30)31/h2-11,33H,1H3,(H,24,27)(H,25,28)(H,29,30,31). The van der Waals surface area contributed by atoms with Gasteiger partial charge in [-0.1, -0.05) is 12.8 Å². The van der Waals surface area contributed by atoms with Gasteiger partial charge in [0.15, 0.2) is 11.6 Å². The van der Waals surface area contributed by atoms with Crippen molar-refractivity contribution in [2.75, 3.05) is 22.0 Å². The minimum absolute atomic E-state index is 0.0279. The van der Waals surface area contributed by atoms with E-state index in [0.29, 0.717) is 0 Å². The van der Waals surface area contributed by atoms with Crippen molar-refractivity contribution in [1.29, 1.82) is 0 Å². The molecule has 0 aromatic heterocycles. The monoisotopic (exact) mass is 509 g/mol. The van der Waals surface area contributed by atoms with Crippen molar-refractivity contribution in [3.63, 3.8) is 0 Å². The molecule has 3 amide bonds. The molecular weight excluding hydrogens is 492 g/mol. The van der Waals surface area contributed by atoms with Gasteiger partial charge in [-0.25, -0.2) is 17.9 Å². The number of benzene rings is 3. The molecular formula is C21H17F2N3O6S2. The molecule has 13 heteroatoms. The molecule has 3 N–H and O–H groups in total. The number of hydrogen-bond acceptors (Lipinski definition) is 6. The molecule has 0 atom stereocenters. The molecule has 34 heavy (non-hydrogen) atoms. The van der Waals surface area contributed by atoms with Crippen molar-refractivity contribution >= 4 is 51.9 Å². The molecule has 0 bridgehead atoms. The Morgan fingerprint density at radius 3 is 2.24 bits per heavy atom. The van der Waals surface area contributed by atoms with Crippen LogP contribution >= 0.6 is 12.8 Å². The molecule has 0 radical (unpaired) electrons. The summed E-state index contributed by atoms with van der Waals surface area (Å²) in [5.74, 6) is -2.63. The van der Waals surface area contributed by atoms with Crippen molar-refractivity contribution < 1.29 is 36.1 Å². The lowest BCUT2D eigenvalue weighted by atomic mass is 10.1. The van der Waals surface area contributed by atoms with Crippen LogP contribution in [0.3, 0.4) is 0 Å². The van der Waals surface area contributed by atoms with Crippen LogP contribution in [0.1, 0.15) is 10.4 Å². The summed E-state index contributed by atoms with van der Waals surface area (Å²) in [6.07, 6.45) is 0. The number of ether oxygens (including phenoxy) is 1. The molecule has 3 rings (SSSR count). The lowest BCUT2D eigenvalue weighted by Gasteiger charge is -2.18. The largest absolute Gasteiger partial charge is 0.495 e. The van der Waals surface area contributed by atoms with E-state index < -0.39 is 33.7 Å². The minimum atomic E-state index is -4.40. The highest BCUT2D eigenvalue weighted by atomic mass is 32.2. The van der Waals surface area contributed by atoms with Crippen LogP contribution in [0.4, 0.5) is 30.6 Å². The van der Waals surface area contributed by atoms with Gasteiger partial charge in [0.05, 0.1) is 23.4 Å². The fourth-order valence-electron chi connectivity index (χ4n) is 2.77. The number of rotatable bonds is 6. The molecule has 9 nitrogen and oxygen atoms in total. The predicted molar refractivity (Wildman–Crippen MR) is 124 cm³/mol. The number of urea groups is 1. The first-order valence-electron chi connectivity index (χ1n) is 9.31. The molecule has 0 saturated heterocycles. The molecule has 0 aliphatic carbocycles. The van der Waals surface area contributed by atoms with Crippen LogP contribution in [0.5, 0.6) is 5.75 Å². The Hall–Kier alpha value is -3.68. The highest BCUT2D eigenvalue weighted by molar-refractivity contribution is 7.85. The average Bonchev–Trinajstić information content (AvgIpc) is 2.80. The smallest absolute Gasteiger partial charge is 0.336 e. The zero-order chi connectivity index (χ0) is 25.0. The number of hydrogen-bond donors (Lipinski definition) is 4. The molecule has 0 saturated carbocycles. The second-order valence-corrected chi connectivity index (χ2v) is 8.53. The summed E-state index contributed by atoms with van der Waals surface area (Å²) in [6, 6.07) is 10.9. The summed E-state index contributed by atoms with van der Waals surface area (Å²) in [5.41, 5.74) is 0.378. The number of halogens is 2. The molecule has 0 fully saturated rings. The first-order chi connectivity index (χ1) is 16.0. The topological polar surface area (TPSA) is 125 Å². The van der Waals surface area contributed by atoms with Crippen molar-refractivity contribution in [2.24, 2.45) is 0 Å². The number of nitrogens with one attached hydrogen (secondary N) is 2. The van der Waals surface area contributed by atoms with Crippen molar-refractivity contribution in [3.05, 3.63) is 77.9 Å². The molecule has 0 heterocycles. The van der Waals surface area contributed by atoms with E-state index in [2.05, 4.69) is 23.4 Å². The third kappa shape index (κ3) is 5.81. The van der Waals surface area contributed by atoms with Crippen LogP contribution in [0.25, 0.3) is 0 Å². The van der Waals surface area contributed by atoms with Crippen molar-refractivity contribution in [1.82, 2.24) is 0 Å². The fourth-order valence-corrected chi connectivity index (χ4v) is 3.43. The first-order valence-corrected chi connectivity index (χ1v) is 11.2. The quantitative estimate of drug-likeness (QED) is 0.289. The van der Waals surface area contributed by atoms with E-state index in [0.717, 1.165) is 28.6 Å². The Bertz CT molecular complexity index is 1350. The number of methoxy groups -OCH3 is 1. The van der Waals surface area contributed by atoms with Gasteiger partial charge in [-0.15, -0.1) is 0 Å². The summed E-state index contributed by atoms with van der Waals surface area (Å²) in [4.78, 5) is 24.8. The molecule has 0 aliphatic rings. The molecule has 0 aliphatic heterocycles. The molecule has 3 aromatic rings. The maximum Gasteiger partial charge on any atom is 0.336 e. The van der Waals surface area contributed by atoms with Gasteiger partial charge in [0.25, 0.3) is 16.0 Å². The maximum absolute atomic E-state index is 13.4. The SMILES string of the molecule is COc1ccc(C(=O)Nc2ccc(F)c(F)c2)cc1NC(=O)N(S)c1ccc(S(=O)(=O)O)cc1. The van der Waals surface area contributed by atoms with Crippen LogP contribution in [0, 0.1) is 11.6 Å². The predicted octanol–water partition coefficient (Wildman–Crippen LogP) is 4.36. The van der Waals surface area contributed by atoms with Crippen molar-refractivity contribution in [3.8, 4) is 5.75 Å². The van der Waals surface area contributed by atoms with Crippen LogP contribution in [0.2, 0.25) is 0 Å². The average molecular weight is 510 g/mol. The number of carbonyl (C=O) groups excluding carboxylic acids is 2. The third-order valence-electron chi connectivity index (χ3n) is 4.45. The van der Waals surface area contributed by atoms with E-state index in [-0.39, 0.29) is 33.3 Å². The van der Waals surface area contributed by atoms with Gasteiger partial charge < -0.3 is 15.4 Å². The van der Waals surface area contributed by atoms with E-state index in [4.69, 9.17) is 9.29 Å². The minimum Gasteiger partial charge on any atom is -0.495 e. The first kappa shape index (κ1) is 25.0. The normalized spacial score (nSPS) is 11.0. The molecule has 0 unspecified atom stereocenters. The van der Waals surface area contributed by atoms with E-state index >= 15 is 0 Å². The molecule has 178 valence electrons. The van der Waals surface area contributed by atoms with Crippen molar-refractivity contribution in [2.45, 2.75) is 4.90 Å². The Kier molecular flexibility index (Phi) is 7.39. The van der Waals surface area contributed by atoms with Gasteiger partial charge >= 0.3 is 6.03 Å². The summed E-state index contributed by atoms with van der Waals surface area (Å²) >= 11 is 4.09. The van der Waals surface area contributed by atoms with E-state index in [1.54, 1.807) is 0 Å². The Morgan fingerprint density at radius 1 is 0.971 bits per heavy atom. The molecule has 0 spiro atoms. The summed E-state index contributed by atoms with van der Waals surface area (Å²) in [5, 5.41) is 4.92. The maximum atomic E-state index is 13.4. The number of anilines is 3. The fraction of sp³-hybridized carbons (Fsp3) is 0.0476. The number of carbonyl (C=O) groups is 2. The number of amides is 3. The van der Waals surface area contributed by atoms with E-state index in [1.807, 2.05) is 0 Å². The number of nitrogens with zero attached hydrogens (tertiary/aromatic N) is 1. The molecule has 3 aromatic carbocycles. The Balaban J connectivity index is 1.79. The van der Waals surface area contributed by atoms with Gasteiger partial charge in [-0.2, -0.15) is 8.42 Å². The van der Waals surface area contributed by atoms with E-state index in [9.17, 15) is 26.8 Å². The third-order valence-corrected chi connectivity index (χ3v) is 5.73. The van der Waals surface area contributed by atoms with Crippen LogP contribution < -0.4 is 19.7 Å². The lowest BCUT2D eigenvalue weighted by Crippen LogP contribution is -2.27. The highest BCUT2D eigenvalue weighted by Gasteiger charge is 2.18. The second-order valence-electron chi connectivity index (χ2n) is 6.71. The van der Waals surface area contributed by atoms with E-state index in [1.165, 1.54) is 43.5 Å². The lowest BCUT2D eigenvalue weighted by molar-refractivity contribution is 0.102. The zero-order valence-corrected chi connectivity index (χ0v) is 19.0. The zero-order valence-electron chi connectivity index (χ0n) is 17.3. The summed E-state index contributed by atoms with van der Waals surface area (Å²) < 4.78 is 63.9. The Morgan fingerprint density at radius 2 is 1.65 bits per heavy atom. The highest BCUT2D eigenvalue weighted by Crippen LogP contribution is 2.28. The second kappa shape index (κ2) is 10.1. The van der Waals surface area contributed by atoms with Crippen LogP contribution in [0.15, 0.2) is 65.6 Å². The van der Waals surface area contributed by atoms with Gasteiger partial charge in [-0.3, -0.25) is 9.35 Å². The van der Waals surface area contributed by atoms with Crippen LogP contribution in [-0.4, -0.2) is 32.0 Å². The van der Waals surface area contributed by atoms with Gasteiger partial charge in [0.1, 0.15) is 5.75 Å². The van der Waals surface area contributed by atoms with Gasteiger partial charge in [0.2, 0.25) is 0 Å². The summed E-state index contributed by atoms with van der Waals surface area (Å²) in [6.45, 7) is 0. The van der Waals surface area contributed by atoms with Gasteiger partial charge in [-0.05, 0) is 54.6 Å². The Labute approximate surface area is 198 Å².